The SMILES string of the molecule is O=C(Nc1ccc(-n2cncn2)cc1C(F)(F)F)N1CCN(C(=O)[C@@H]2CCCO2)CC1. The molecule has 1 atom stereocenters. The van der Waals surface area contributed by atoms with Gasteiger partial charge in [0.05, 0.1) is 16.9 Å². The predicted molar refractivity (Wildman–Crippen MR) is 103 cm³/mol. The molecule has 166 valence electrons. The van der Waals surface area contributed by atoms with E-state index < -0.39 is 23.9 Å². The Bertz CT molecular complexity index is 936. The predicted octanol–water partition coefficient (Wildman–Crippen LogP) is 2.14. The van der Waals surface area contributed by atoms with Gasteiger partial charge in [0.15, 0.2) is 0 Å². The highest BCUT2D eigenvalue weighted by Crippen LogP contribution is 2.36. The second-order valence-corrected chi connectivity index (χ2v) is 7.31. The second kappa shape index (κ2) is 8.53. The van der Waals surface area contributed by atoms with E-state index in [1.54, 1.807) is 4.90 Å². The van der Waals surface area contributed by atoms with Crippen LogP contribution in [-0.4, -0.2) is 75.4 Å². The molecule has 0 radical (unpaired) electrons. The molecule has 1 aromatic carbocycles. The number of carbonyl (C=O) groups excluding carboxylic acids is 2. The molecule has 4 rings (SSSR count). The molecule has 2 aromatic rings. The third kappa shape index (κ3) is 4.63. The summed E-state index contributed by atoms with van der Waals surface area (Å²) in [7, 11) is 0. The third-order valence-corrected chi connectivity index (χ3v) is 5.32. The number of nitrogens with one attached hydrogen (secondary N) is 1. The van der Waals surface area contributed by atoms with Crippen LogP contribution in [0.5, 0.6) is 0 Å². The molecule has 3 amide bonds. The van der Waals surface area contributed by atoms with Gasteiger partial charge in [-0.1, -0.05) is 0 Å². The lowest BCUT2D eigenvalue weighted by Crippen LogP contribution is -2.53. The van der Waals surface area contributed by atoms with E-state index in [0.29, 0.717) is 26.1 Å². The molecule has 1 N–H and O–H groups in total. The Hall–Kier alpha value is -3.15. The van der Waals surface area contributed by atoms with Crippen LogP contribution in [-0.2, 0) is 15.7 Å². The Labute approximate surface area is 175 Å². The number of ether oxygens (including phenoxy) is 1. The van der Waals surface area contributed by atoms with Crippen LogP contribution in [0.3, 0.4) is 0 Å². The van der Waals surface area contributed by atoms with Gasteiger partial charge in [-0.3, -0.25) is 4.79 Å². The number of aromatic nitrogens is 3. The molecular formula is C19H21F3N6O3. The number of hydrogen-bond acceptors (Lipinski definition) is 5. The lowest BCUT2D eigenvalue weighted by Gasteiger charge is -2.35. The number of benzene rings is 1. The van der Waals surface area contributed by atoms with E-state index in [0.717, 1.165) is 12.5 Å². The summed E-state index contributed by atoms with van der Waals surface area (Å²) < 4.78 is 47.4. The van der Waals surface area contributed by atoms with Crippen LogP contribution in [0.4, 0.5) is 23.7 Å². The van der Waals surface area contributed by atoms with Crippen LogP contribution in [0.2, 0.25) is 0 Å². The van der Waals surface area contributed by atoms with Gasteiger partial charge in [0.25, 0.3) is 5.91 Å². The van der Waals surface area contributed by atoms with Gasteiger partial charge in [0, 0.05) is 32.8 Å². The number of carbonyl (C=O) groups is 2. The highest BCUT2D eigenvalue weighted by molar-refractivity contribution is 5.91. The summed E-state index contributed by atoms with van der Waals surface area (Å²) in [4.78, 5) is 31.7. The molecular weight excluding hydrogens is 417 g/mol. The van der Waals surface area contributed by atoms with Crippen LogP contribution in [0.25, 0.3) is 5.69 Å². The number of nitrogens with zero attached hydrogens (tertiary/aromatic N) is 5. The van der Waals surface area contributed by atoms with Crippen molar-refractivity contribution in [3.05, 3.63) is 36.4 Å². The summed E-state index contributed by atoms with van der Waals surface area (Å²) in [6.07, 6.45) is -1.08. The van der Waals surface area contributed by atoms with E-state index in [1.165, 1.54) is 34.4 Å². The Morgan fingerprint density at radius 3 is 2.48 bits per heavy atom. The van der Waals surface area contributed by atoms with Crippen molar-refractivity contribution < 1.29 is 27.5 Å². The Kier molecular flexibility index (Phi) is 5.81. The lowest BCUT2D eigenvalue weighted by molar-refractivity contribution is -0.142. The van der Waals surface area contributed by atoms with Crippen molar-refractivity contribution in [2.45, 2.75) is 25.1 Å². The number of hydrogen-bond donors (Lipinski definition) is 1. The number of rotatable bonds is 3. The molecule has 1 aromatic heterocycles. The first kappa shape index (κ1) is 21.1. The van der Waals surface area contributed by atoms with Crippen molar-refractivity contribution in [1.29, 1.82) is 0 Å². The number of halogens is 3. The van der Waals surface area contributed by atoms with E-state index in [1.807, 2.05) is 0 Å². The van der Waals surface area contributed by atoms with E-state index in [9.17, 15) is 22.8 Å². The quantitative estimate of drug-likeness (QED) is 0.793. The van der Waals surface area contributed by atoms with Crippen molar-refractivity contribution in [2.24, 2.45) is 0 Å². The standard InChI is InChI=1S/C19H21F3N6O3/c20-19(21,22)14-10-13(28-12-23-11-24-28)3-4-15(14)25-18(30)27-7-5-26(6-8-27)17(29)16-2-1-9-31-16/h3-4,10-12,16H,1-2,5-9H2,(H,25,30)/t16-/m0/s1. The van der Waals surface area contributed by atoms with Gasteiger partial charge in [0.1, 0.15) is 18.8 Å². The fraction of sp³-hybridized carbons (Fsp3) is 0.474. The summed E-state index contributed by atoms with van der Waals surface area (Å²) in [5.41, 5.74) is -1.16. The molecule has 2 saturated heterocycles. The number of alkyl halides is 3. The fourth-order valence-corrected chi connectivity index (χ4v) is 3.66. The third-order valence-electron chi connectivity index (χ3n) is 5.32. The molecule has 9 nitrogen and oxygen atoms in total. The monoisotopic (exact) mass is 438 g/mol. The first-order chi connectivity index (χ1) is 14.8. The van der Waals surface area contributed by atoms with E-state index in [4.69, 9.17) is 4.74 Å². The maximum absolute atomic E-state index is 13.6. The van der Waals surface area contributed by atoms with Crippen molar-refractivity contribution in [1.82, 2.24) is 24.6 Å². The number of anilines is 1. The van der Waals surface area contributed by atoms with Gasteiger partial charge in [-0.05, 0) is 31.0 Å². The lowest BCUT2D eigenvalue weighted by atomic mass is 10.1. The molecule has 2 aliphatic rings. The highest BCUT2D eigenvalue weighted by atomic mass is 19.4. The molecule has 2 fully saturated rings. The van der Waals surface area contributed by atoms with Gasteiger partial charge >= 0.3 is 12.2 Å². The molecule has 0 spiro atoms. The zero-order valence-corrected chi connectivity index (χ0v) is 16.5. The molecule has 12 heteroatoms. The topological polar surface area (TPSA) is 92.6 Å². The summed E-state index contributed by atoms with van der Waals surface area (Å²) in [6, 6.07) is 2.86. The van der Waals surface area contributed by atoms with Crippen LogP contribution >= 0.6 is 0 Å². The van der Waals surface area contributed by atoms with E-state index >= 15 is 0 Å². The number of amides is 3. The van der Waals surface area contributed by atoms with Crippen LogP contribution in [0.15, 0.2) is 30.9 Å². The van der Waals surface area contributed by atoms with Gasteiger partial charge in [0.2, 0.25) is 0 Å². The van der Waals surface area contributed by atoms with Gasteiger partial charge in [-0.25, -0.2) is 14.5 Å². The Morgan fingerprint density at radius 2 is 1.87 bits per heavy atom. The zero-order valence-electron chi connectivity index (χ0n) is 16.5. The molecule has 0 aliphatic carbocycles. The van der Waals surface area contributed by atoms with Crippen molar-refractivity contribution in [3.63, 3.8) is 0 Å². The maximum atomic E-state index is 13.6. The first-order valence-electron chi connectivity index (χ1n) is 9.85. The smallest absolute Gasteiger partial charge is 0.368 e. The van der Waals surface area contributed by atoms with E-state index in [-0.39, 0.29) is 30.4 Å². The maximum Gasteiger partial charge on any atom is 0.418 e. The zero-order chi connectivity index (χ0) is 22.0. The summed E-state index contributed by atoms with van der Waals surface area (Å²) in [5.74, 6) is -0.0967. The minimum absolute atomic E-state index is 0.0967. The van der Waals surface area contributed by atoms with Crippen LogP contribution < -0.4 is 5.32 Å². The van der Waals surface area contributed by atoms with Crippen molar-refractivity contribution >= 4 is 17.6 Å². The molecule has 31 heavy (non-hydrogen) atoms. The minimum Gasteiger partial charge on any atom is -0.368 e. The molecule has 0 saturated carbocycles. The summed E-state index contributed by atoms with van der Waals surface area (Å²) in [6.45, 7) is 1.63. The van der Waals surface area contributed by atoms with Crippen molar-refractivity contribution in [3.8, 4) is 5.69 Å². The van der Waals surface area contributed by atoms with Crippen LogP contribution in [0.1, 0.15) is 18.4 Å². The van der Waals surface area contributed by atoms with Gasteiger partial charge in [-0.15, -0.1) is 0 Å². The molecule has 3 heterocycles. The van der Waals surface area contributed by atoms with E-state index in [2.05, 4.69) is 15.4 Å². The summed E-state index contributed by atoms with van der Waals surface area (Å²) >= 11 is 0. The normalized spacial score (nSPS) is 19.5. The van der Waals surface area contributed by atoms with Gasteiger partial charge in [-0.2, -0.15) is 18.3 Å². The Morgan fingerprint density at radius 1 is 1.13 bits per heavy atom. The number of urea groups is 1. The average molecular weight is 438 g/mol. The fourth-order valence-electron chi connectivity index (χ4n) is 3.66. The number of piperazine rings is 1. The molecule has 2 aliphatic heterocycles. The first-order valence-corrected chi connectivity index (χ1v) is 9.85. The Balaban J connectivity index is 1.42. The molecule has 0 unspecified atom stereocenters. The molecule has 0 bridgehead atoms. The average Bonchev–Trinajstić information content (AvgIpc) is 3.47. The minimum atomic E-state index is -4.67. The second-order valence-electron chi connectivity index (χ2n) is 7.31. The van der Waals surface area contributed by atoms with Gasteiger partial charge < -0.3 is 19.9 Å². The highest BCUT2D eigenvalue weighted by Gasteiger charge is 2.36. The van der Waals surface area contributed by atoms with Crippen molar-refractivity contribution in [2.75, 3.05) is 38.1 Å². The summed E-state index contributed by atoms with van der Waals surface area (Å²) in [5, 5.41) is 6.18. The largest absolute Gasteiger partial charge is 0.418 e. The van der Waals surface area contributed by atoms with Crippen LogP contribution in [0, 0.1) is 0 Å².